The summed E-state index contributed by atoms with van der Waals surface area (Å²) in [5.74, 6) is 0.872. The molecule has 1 aromatic carbocycles. The molecule has 130 valence electrons. The summed E-state index contributed by atoms with van der Waals surface area (Å²) in [4.78, 5) is 15.7. The number of carbonyl (C=O) groups excluding carboxylic acids is 1. The predicted molar refractivity (Wildman–Crippen MR) is 97.3 cm³/mol. The quantitative estimate of drug-likeness (QED) is 0.716. The van der Waals surface area contributed by atoms with Crippen LogP contribution >= 0.6 is 15.9 Å². The van der Waals surface area contributed by atoms with Crippen LogP contribution in [0.3, 0.4) is 0 Å². The molecule has 0 radical (unpaired) electrons. The van der Waals surface area contributed by atoms with Gasteiger partial charge in [0.05, 0.1) is 18.1 Å². The summed E-state index contributed by atoms with van der Waals surface area (Å²) in [6, 6.07) is 8.40. The van der Waals surface area contributed by atoms with Crippen molar-refractivity contribution in [2.75, 3.05) is 6.61 Å². The molecule has 1 unspecified atom stereocenters. The summed E-state index contributed by atoms with van der Waals surface area (Å²) in [6.07, 6.45) is 4.40. The van der Waals surface area contributed by atoms with Crippen molar-refractivity contribution < 1.29 is 9.53 Å². The van der Waals surface area contributed by atoms with Gasteiger partial charge in [-0.15, -0.1) is 0 Å². The van der Waals surface area contributed by atoms with E-state index in [2.05, 4.69) is 53.7 Å². The molecule has 3 fully saturated rings. The number of amides is 1. The lowest BCUT2D eigenvalue weighted by Gasteiger charge is -2.50. The summed E-state index contributed by atoms with van der Waals surface area (Å²) in [5.41, 5.74) is 0.851. The van der Waals surface area contributed by atoms with Gasteiger partial charge < -0.3 is 9.64 Å². The van der Waals surface area contributed by atoms with Gasteiger partial charge in [-0.25, -0.2) is 0 Å². The van der Waals surface area contributed by atoms with Crippen LogP contribution in [-0.4, -0.2) is 23.5 Å². The van der Waals surface area contributed by atoms with Crippen molar-refractivity contribution in [2.45, 2.75) is 58.7 Å². The maximum absolute atomic E-state index is 13.7. The number of benzene rings is 1. The van der Waals surface area contributed by atoms with E-state index in [0.29, 0.717) is 18.4 Å². The summed E-state index contributed by atoms with van der Waals surface area (Å²) in [6.45, 7) is 7.42. The van der Waals surface area contributed by atoms with Gasteiger partial charge in [0.15, 0.2) is 6.23 Å². The monoisotopic (exact) mass is 391 g/mol. The minimum absolute atomic E-state index is 0.0101. The fraction of sp³-hybridized carbons (Fsp3) is 0.650. The molecule has 1 amide bonds. The van der Waals surface area contributed by atoms with Gasteiger partial charge in [-0.2, -0.15) is 0 Å². The molecule has 4 rings (SSSR count). The van der Waals surface area contributed by atoms with Crippen molar-refractivity contribution in [3.8, 4) is 0 Å². The van der Waals surface area contributed by atoms with Crippen molar-refractivity contribution in [1.82, 2.24) is 4.90 Å². The molecule has 0 spiro atoms. The number of carbonyl (C=O) groups is 1. The van der Waals surface area contributed by atoms with Gasteiger partial charge in [-0.3, -0.25) is 4.79 Å². The summed E-state index contributed by atoms with van der Waals surface area (Å²) >= 11 is 3.48. The number of rotatable bonds is 2. The minimum Gasteiger partial charge on any atom is -0.352 e. The molecular formula is C20H26BrNO2. The van der Waals surface area contributed by atoms with Crippen LogP contribution in [0.4, 0.5) is 0 Å². The highest BCUT2D eigenvalue weighted by atomic mass is 79.9. The first-order valence-corrected chi connectivity index (χ1v) is 9.84. The Balaban J connectivity index is 1.70. The van der Waals surface area contributed by atoms with Gasteiger partial charge in [-0.05, 0) is 42.7 Å². The largest absolute Gasteiger partial charge is 0.352 e. The van der Waals surface area contributed by atoms with Crippen molar-refractivity contribution in [3.05, 3.63) is 34.3 Å². The zero-order valence-corrected chi connectivity index (χ0v) is 16.3. The summed E-state index contributed by atoms with van der Waals surface area (Å²) < 4.78 is 7.09. The van der Waals surface area contributed by atoms with E-state index in [4.69, 9.17) is 4.74 Å². The standard InChI is InChI=1S/C20H26BrNO2/c1-19(2,3)20(14-5-4-6-14)11-16-12-24-17(22(16)18(20)23)13-7-9-15(21)10-8-13/h7-10,14,16-17H,4-6,11-12H2,1-3H3/t16-,17+,20?/m0/s1. The molecule has 24 heavy (non-hydrogen) atoms. The molecule has 2 aliphatic heterocycles. The van der Waals surface area contributed by atoms with Gasteiger partial charge in [0, 0.05) is 10.0 Å². The first kappa shape index (κ1) is 16.6. The second-order valence-corrected chi connectivity index (χ2v) is 9.57. The predicted octanol–water partition coefficient (Wildman–Crippen LogP) is 4.91. The summed E-state index contributed by atoms with van der Waals surface area (Å²) in [5, 5.41) is 0. The Morgan fingerprint density at radius 2 is 1.88 bits per heavy atom. The number of halogens is 1. The van der Waals surface area contributed by atoms with Crippen LogP contribution in [0.5, 0.6) is 0 Å². The van der Waals surface area contributed by atoms with Crippen LogP contribution in [0.25, 0.3) is 0 Å². The molecule has 2 heterocycles. The van der Waals surface area contributed by atoms with Crippen molar-refractivity contribution >= 4 is 21.8 Å². The lowest BCUT2D eigenvalue weighted by molar-refractivity contribution is -0.155. The van der Waals surface area contributed by atoms with Crippen LogP contribution in [0.1, 0.15) is 58.2 Å². The van der Waals surface area contributed by atoms with E-state index in [1.54, 1.807) is 0 Å². The molecular weight excluding hydrogens is 366 g/mol. The highest BCUT2D eigenvalue weighted by molar-refractivity contribution is 9.10. The molecule has 0 aromatic heterocycles. The van der Waals surface area contributed by atoms with E-state index in [1.165, 1.54) is 19.3 Å². The SMILES string of the molecule is CC(C)(C)C1(C2CCC2)C[C@H]2CO[C@H](c3ccc(Br)cc3)N2C1=O. The molecule has 0 N–H and O–H groups in total. The van der Waals surface area contributed by atoms with E-state index < -0.39 is 0 Å². The van der Waals surface area contributed by atoms with E-state index in [-0.39, 0.29) is 23.1 Å². The van der Waals surface area contributed by atoms with Gasteiger partial charge in [0.1, 0.15) is 0 Å². The molecule has 1 aromatic rings. The number of hydrogen-bond donors (Lipinski definition) is 0. The Morgan fingerprint density at radius 1 is 1.21 bits per heavy atom. The first-order valence-electron chi connectivity index (χ1n) is 9.04. The van der Waals surface area contributed by atoms with Gasteiger partial charge >= 0.3 is 0 Å². The number of fused-ring (bicyclic) bond motifs is 1. The van der Waals surface area contributed by atoms with E-state index in [1.807, 2.05) is 12.1 Å². The Labute approximate surface area is 152 Å². The van der Waals surface area contributed by atoms with Crippen LogP contribution in [0.2, 0.25) is 0 Å². The maximum Gasteiger partial charge on any atom is 0.232 e. The third kappa shape index (κ3) is 2.22. The molecule has 2 saturated heterocycles. The van der Waals surface area contributed by atoms with E-state index in [0.717, 1.165) is 16.5 Å². The highest BCUT2D eigenvalue weighted by Gasteiger charge is 2.64. The number of nitrogens with zero attached hydrogens (tertiary/aromatic N) is 1. The Hall–Kier alpha value is -0.870. The van der Waals surface area contributed by atoms with Gasteiger partial charge in [-0.1, -0.05) is 55.3 Å². The zero-order valence-electron chi connectivity index (χ0n) is 14.7. The molecule has 3 aliphatic rings. The van der Waals surface area contributed by atoms with Gasteiger partial charge in [0.25, 0.3) is 0 Å². The fourth-order valence-corrected chi connectivity index (χ4v) is 5.30. The van der Waals surface area contributed by atoms with E-state index in [9.17, 15) is 4.79 Å². The third-order valence-corrected chi connectivity index (χ3v) is 7.09. The number of ether oxygens (including phenoxy) is 1. The van der Waals surface area contributed by atoms with Crippen LogP contribution in [0.15, 0.2) is 28.7 Å². The Bertz CT molecular complexity index is 647. The topological polar surface area (TPSA) is 29.5 Å². The van der Waals surface area contributed by atoms with Crippen LogP contribution in [0, 0.1) is 16.7 Å². The lowest BCUT2D eigenvalue weighted by Crippen LogP contribution is -2.51. The second-order valence-electron chi connectivity index (χ2n) is 8.66. The van der Waals surface area contributed by atoms with Crippen molar-refractivity contribution in [3.63, 3.8) is 0 Å². The molecule has 3 atom stereocenters. The highest BCUT2D eigenvalue weighted by Crippen LogP contribution is 2.61. The van der Waals surface area contributed by atoms with Crippen LogP contribution in [-0.2, 0) is 9.53 Å². The van der Waals surface area contributed by atoms with E-state index >= 15 is 0 Å². The molecule has 1 saturated carbocycles. The maximum atomic E-state index is 13.7. The molecule has 0 bridgehead atoms. The van der Waals surface area contributed by atoms with Crippen molar-refractivity contribution in [2.24, 2.45) is 16.7 Å². The fourth-order valence-electron chi connectivity index (χ4n) is 5.04. The van der Waals surface area contributed by atoms with Crippen molar-refractivity contribution in [1.29, 1.82) is 0 Å². The average Bonchev–Trinajstić information content (AvgIpc) is 2.98. The average molecular weight is 392 g/mol. The van der Waals surface area contributed by atoms with Crippen LogP contribution < -0.4 is 0 Å². The normalized spacial score (nSPS) is 33.7. The molecule has 4 heteroatoms. The number of hydrogen-bond acceptors (Lipinski definition) is 2. The Kier molecular flexibility index (Phi) is 3.85. The second kappa shape index (κ2) is 5.57. The molecule has 1 aliphatic carbocycles. The first-order chi connectivity index (χ1) is 11.3. The summed E-state index contributed by atoms with van der Waals surface area (Å²) in [7, 11) is 0. The molecule has 3 nitrogen and oxygen atoms in total. The zero-order chi connectivity index (χ0) is 17.1. The lowest BCUT2D eigenvalue weighted by atomic mass is 9.53. The smallest absolute Gasteiger partial charge is 0.232 e. The Morgan fingerprint density at radius 3 is 2.42 bits per heavy atom. The minimum atomic E-state index is -0.222. The van der Waals surface area contributed by atoms with Gasteiger partial charge in [0.2, 0.25) is 5.91 Å². The third-order valence-electron chi connectivity index (χ3n) is 6.56.